The highest BCUT2D eigenvalue weighted by atomic mass is 35.6. The third-order valence-electron chi connectivity index (χ3n) is 1.29. The molecule has 0 radical (unpaired) electrons. The van der Waals surface area contributed by atoms with Crippen molar-refractivity contribution in [2.45, 2.75) is 31.5 Å². The van der Waals surface area contributed by atoms with Gasteiger partial charge in [0.1, 0.15) is 8.11 Å². The normalized spacial score (nSPS) is 15.9. The monoisotopic (exact) mass is 238 g/mol. The van der Waals surface area contributed by atoms with Crippen LogP contribution in [0.5, 0.6) is 0 Å². The summed E-state index contributed by atoms with van der Waals surface area (Å²) in [5.74, 6) is -4.16. The Balaban J connectivity index is 4.40. The van der Waals surface area contributed by atoms with E-state index in [0.717, 1.165) is 0 Å². The van der Waals surface area contributed by atoms with E-state index in [4.69, 9.17) is 11.1 Å². The van der Waals surface area contributed by atoms with Crippen LogP contribution in [0.2, 0.25) is 12.6 Å². The summed E-state index contributed by atoms with van der Waals surface area (Å²) in [6.07, 6.45) is -4.40. The van der Waals surface area contributed by atoms with E-state index >= 15 is 0 Å². The fraction of sp³-hybridized carbons (Fsp3) is 1.00. The molecule has 0 aliphatic rings. The van der Waals surface area contributed by atoms with Gasteiger partial charge in [0.05, 0.1) is 6.61 Å². The van der Waals surface area contributed by atoms with Gasteiger partial charge in [0.15, 0.2) is 0 Å². The predicted molar refractivity (Wildman–Crippen MR) is 45.2 cm³/mol. The van der Waals surface area contributed by atoms with E-state index in [2.05, 4.69) is 4.74 Å². The van der Waals surface area contributed by atoms with Gasteiger partial charge in [0, 0.05) is 6.04 Å². The molecule has 80 valence electrons. The van der Waals surface area contributed by atoms with Crippen molar-refractivity contribution in [3.63, 3.8) is 0 Å². The van der Waals surface area contributed by atoms with Crippen LogP contribution in [0.1, 0.15) is 6.92 Å². The van der Waals surface area contributed by atoms with Crippen molar-refractivity contribution in [2.75, 3.05) is 6.61 Å². The van der Waals surface area contributed by atoms with Gasteiger partial charge in [0.2, 0.25) is 0 Å². The third kappa shape index (κ3) is 3.82. The van der Waals surface area contributed by atoms with Crippen LogP contribution in [-0.2, 0) is 4.74 Å². The molecule has 0 fully saturated rings. The fourth-order valence-electron chi connectivity index (χ4n) is 0.759. The minimum Gasteiger partial charge on any atom is -0.316 e. The smallest absolute Gasteiger partial charge is 0.316 e. The molecule has 0 heterocycles. The van der Waals surface area contributed by atoms with E-state index in [9.17, 15) is 17.6 Å². The molecule has 0 N–H and O–H groups in total. The lowest BCUT2D eigenvalue weighted by Crippen LogP contribution is -2.44. The van der Waals surface area contributed by atoms with Gasteiger partial charge in [-0.3, -0.25) is 0 Å². The summed E-state index contributed by atoms with van der Waals surface area (Å²) >= 11 is 5.34. The SMILES string of the molecule is CCOC(F)(F)C(F)(F)C[SiH](C)Cl. The highest BCUT2D eigenvalue weighted by Gasteiger charge is 2.57. The van der Waals surface area contributed by atoms with Crippen LogP contribution in [0, 0.1) is 0 Å². The molecule has 0 aromatic heterocycles. The van der Waals surface area contributed by atoms with Crippen molar-refractivity contribution >= 4 is 19.2 Å². The molecule has 0 aromatic carbocycles. The molecule has 0 aliphatic heterocycles. The third-order valence-corrected chi connectivity index (χ3v) is 2.83. The molecule has 1 nitrogen and oxygen atoms in total. The molecule has 7 heteroatoms. The summed E-state index contributed by atoms with van der Waals surface area (Å²) < 4.78 is 54.2. The Morgan fingerprint density at radius 1 is 1.31 bits per heavy atom. The van der Waals surface area contributed by atoms with Crippen molar-refractivity contribution in [1.29, 1.82) is 0 Å². The van der Waals surface area contributed by atoms with Crippen LogP contribution in [0.25, 0.3) is 0 Å². The molecule has 1 unspecified atom stereocenters. The van der Waals surface area contributed by atoms with Gasteiger partial charge >= 0.3 is 12.0 Å². The first-order valence-electron chi connectivity index (χ1n) is 3.76. The lowest BCUT2D eigenvalue weighted by molar-refractivity contribution is -0.339. The summed E-state index contributed by atoms with van der Waals surface area (Å²) in [6.45, 7) is 2.13. The molecule has 0 aromatic rings. The number of hydrogen-bond donors (Lipinski definition) is 0. The summed E-state index contributed by atoms with van der Waals surface area (Å²) in [4.78, 5) is 0. The quantitative estimate of drug-likeness (QED) is 0.407. The minimum absolute atomic E-state index is 0.458. The zero-order valence-corrected chi connectivity index (χ0v) is 9.20. The number of hydrogen-bond acceptors (Lipinski definition) is 1. The Morgan fingerprint density at radius 3 is 2.08 bits per heavy atom. The van der Waals surface area contributed by atoms with E-state index in [0.29, 0.717) is 0 Å². The second-order valence-electron chi connectivity index (χ2n) is 2.64. The second-order valence-corrected chi connectivity index (χ2v) is 6.84. The minimum atomic E-state index is -4.40. The maximum atomic E-state index is 12.7. The molecular weight excluding hydrogens is 228 g/mol. The van der Waals surface area contributed by atoms with Gasteiger partial charge in [-0.25, -0.2) is 0 Å². The maximum Gasteiger partial charge on any atom is 0.419 e. The van der Waals surface area contributed by atoms with Crippen molar-refractivity contribution in [1.82, 2.24) is 0 Å². The highest BCUT2D eigenvalue weighted by molar-refractivity contribution is 7.06. The van der Waals surface area contributed by atoms with Gasteiger partial charge in [-0.15, -0.1) is 0 Å². The molecule has 1 atom stereocenters. The zero-order chi connectivity index (χ0) is 10.7. The van der Waals surface area contributed by atoms with Crippen LogP contribution in [0.3, 0.4) is 0 Å². The first-order chi connectivity index (χ1) is 5.73. The largest absolute Gasteiger partial charge is 0.419 e. The topological polar surface area (TPSA) is 9.23 Å². The molecule has 13 heavy (non-hydrogen) atoms. The molecule has 0 spiro atoms. The van der Waals surface area contributed by atoms with Crippen molar-refractivity contribution in [2.24, 2.45) is 0 Å². The van der Waals surface area contributed by atoms with Crippen molar-refractivity contribution in [3.8, 4) is 0 Å². The first-order valence-corrected chi connectivity index (χ1v) is 7.48. The molecule has 0 amide bonds. The van der Waals surface area contributed by atoms with Crippen molar-refractivity contribution in [3.05, 3.63) is 0 Å². The maximum absolute atomic E-state index is 12.7. The van der Waals surface area contributed by atoms with Gasteiger partial charge in [-0.05, 0) is 6.92 Å². The van der Waals surface area contributed by atoms with E-state index in [1.165, 1.54) is 13.5 Å². The lowest BCUT2D eigenvalue weighted by atomic mass is 10.3. The Kier molecular flexibility index (Phi) is 4.68. The Hall–Kier alpha value is 0.187. The summed E-state index contributed by atoms with van der Waals surface area (Å²) in [7, 11) is -2.26. The van der Waals surface area contributed by atoms with E-state index in [1.54, 1.807) is 0 Å². The number of alkyl halides is 4. The highest BCUT2D eigenvalue weighted by Crippen LogP contribution is 2.39. The van der Waals surface area contributed by atoms with Gasteiger partial charge in [-0.1, -0.05) is 6.55 Å². The zero-order valence-electron chi connectivity index (χ0n) is 7.29. The van der Waals surface area contributed by atoms with Crippen LogP contribution >= 0.6 is 11.1 Å². The predicted octanol–water partition coefficient (Wildman–Crippen LogP) is 2.84. The summed E-state index contributed by atoms with van der Waals surface area (Å²) in [6, 6.07) is -0.971. The molecule has 0 rings (SSSR count). The Labute approximate surface area is 80.3 Å². The van der Waals surface area contributed by atoms with Gasteiger partial charge < -0.3 is 4.74 Å². The Morgan fingerprint density at radius 2 is 1.77 bits per heavy atom. The second kappa shape index (κ2) is 4.61. The Bertz CT molecular complexity index is 165. The molecule has 0 saturated carbocycles. The number of rotatable bonds is 5. The number of ether oxygens (including phenoxy) is 1. The summed E-state index contributed by atoms with van der Waals surface area (Å²) in [5.41, 5.74) is 0. The van der Waals surface area contributed by atoms with E-state index in [-0.39, 0.29) is 0 Å². The molecular formula is C6H11ClF4OSi. The molecule has 0 saturated heterocycles. The first kappa shape index (κ1) is 13.2. The average molecular weight is 239 g/mol. The molecule has 0 aliphatic carbocycles. The van der Waals surface area contributed by atoms with Crippen LogP contribution in [0.4, 0.5) is 17.6 Å². The van der Waals surface area contributed by atoms with Crippen LogP contribution < -0.4 is 0 Å². The van der Waals surface area contributed by atoms with E-state index < -0.39 is 32.8 Å². The summed E-state index contributed by atoms with van der Waals surface area (Å²) in [5, 5.41) is 0. The fourth-order valence-corrected chi connectivity index (χ4v) is 2.28. The van der Waals surface area contributed by atoms with Gasteiger partial charge in [-0.2, -0.15) is 28.6 Å². The van der Waals surface area contributed by atoms with Gasteiger partial charge in [0.25, 0.3) is 0 Å². The molecule has 0 bridgehead atoms. The van der Waals surface area contributed by atoms with Crippen LogP contribution in [-0.4, -0.2) is 26.7 Å². The van der Waals surface area contributed by atoms with E-state index in [1.807, 2.05) is 0 Å². The lowest BCUT2D eigenvalue weighted by Gasteiger charge is -2.26. The average Bonchev–Trinajstić information content (AvgIpc) is 1.82. The van der Waals surface area contributed by atoms with Crippen molar-refractivity contribution < 1.29 is 22.3 Å². The van der Waals surface area contributed by atoms with Crippen LogP contribution in [0.15, 0.2) is 0 Å². The number of halogens is 5. The standard InChI is InChI=1S/C6H11ClF4OSi/c1-3-12-6(10,11)5(8,9)4-13(2)7/h13H,3-4H2,1-2H3.